The summed E-state index contributed by atoms with van der Waals surface area (Å²) >= 11 is 0. The van der Waals surface area contributed by atoms with Crippen molar-refractivity contribution in [3.05, 3.63) is 35.9 Å². The molecule has 2 aromatic rings. The Labute approximate surface area is 196 Å². The highest BCUT2D eigenvalue weighted by atomic mass is 16.2. The van der Waals surface area contributed by atoms with Gasteiger partial charge >= 0.3 is 0 Å². The summed E-state index contributed by atoms with van der Waals surface area (Å²) in [6.45, 7) is 4.70. The highest BCUT2D eigenvalue weighted by Gasteiger charge is 2.32. The van der Waals surface area contributed by atoms with Crippen LogP contribution in [0.2, 0.25) is 0 Å². The minimum Gasteiger partial charge on any atom is -0.342 e. The summed E-state index contributed by atoms with van der Waals surface area (Å²) in [6, 6.07) is 0.379. The van der Waals surface area contributed by atoms with E-state index in [1.54, 1.807) is 12.4 Å². The lowest BCUT2D eigenvalue weighted by Gasteiger charge is -2.37. The molecule has 0 aliphatic carbocycles. The lowest BCUT2D eigenvalue weighted by molar-refractivity contribution is -0.137. The number of rotatable bonds is 6. The molecule has 9 nitrogen and oxygen atoms in total. The molecule has 176 valence electrons. The number of anilines is 1. The summed E-state index contributed by atoms with van der Waals surface area (Å²) in [5, 5.41) is 10.7. The van der Waals surface area contributed by atoms with Crippen molar-refractivity contribution in [2.24, 2.45) is 5.92 Å². The second kappa shape index (κ2) is 11.3. The van der Waals surface area contributed by atoms with Gasteiger partial charge in [-0.3, -0.25) is 9.48 Å². The summed E-state index contributed by atoms with van der Waals surface area (Å²) in [7, 11) is 3.81. The molecule has 9 heteroatoms. The third kappa shape index (κ3) is 5.89. The first-order valence-electron chi connectivity index (χ1n) is 11.8. The lowest BCUT2D eigenvalue weighted by Crippen LogP contribution is -2.46. The van der Waals surface area contributed by atoms with Gasteiger partial charge in [0.2, 0.25) is 11.9 Å². The van der Waals surface area contributed by atoms with Gasteiger partial charge in [0.1, 0.15) is 0 Å². The summed E-state index contributed by atoms with van der Waals surface area (Å²) in [5.74, 6) is 7.17. The Bertz CT molecular complexity index is 960. The Morgan fingerprint density at radius 3 is 2.42 bits per heavy atom. The molecule has 2 aliphatic heterocycles. The Kier molecular flexibility index (Phi) is 7.92. The zero-order valence-corrected chi connectivity index (χ0v) is 19.6. The van der Waals surface area contributed by atoms with Crippen molar-refractivity contribution in [3.63, 3.8) is 0 Å². The van der Waals surface area contributed by atoms with Gasteiger partial charge in [-0.25, -0.2) is 9.97 Å². The van der Waals surface area contributed by atoms with E-state index in [1.807, 2.05) is 20.3 Å². The number of hydrogen-bond acceptors (Lipinski definition) is 7. The summed E-state index contributed by atoms with van der Waals surface area (Å²) < 4.78 is 2.07. The number of carbonyl (C=O) groups is 1. The van der Waals surface area contributed by atoms with Gasteiger partial charge in [-0.05, 0) is 39.8 Å². The first kappa shape index (κ1) is 23.2. The number of nitrogens with one attached hydrogen (secondary N) is 2. The van der Waals surface area contributed by atoms with Crippen LogP contribution in [0.3, 0.4) is 0 Å². The lowest BCUT2D eigenvalue weighted by atomic mass is 9.94. The number of carbonyl (C=O) groups excluding carboxylic acids is 1. The van der Waals surface area contributed by atoms with E-state index in [2.05, 4.69) is 58.2 Å². The van der Waals surface area contributed by atoms with Gasteiger partial charge < -0.3 is 20.4 Å². The molecule has 0 unspecified atom stereocenters. The summed E-state index contributed by atoms with van der Waals surface area (Å²) in [6.07, 6.45) is 11.2. The average molecular weight is 451 g/mol. The number of amides is 1. The molecule has 0 bridgehead atoms. The van der Waals surface area contributed by atoms with E-state index in [9.17, 15) is 4.79 Å². The molecule has 2 N–H and O–H groups in total. The Morgan fingerprint density at radius 2 is 1.76 bits per heavy atom. The number of nitrogens with zero attached hydrogens (tertiary/aromatic N) is 6. The maximum atomic E-state index is 13.1. The molecule has 0 aromatic carbocycles. The molecule has 0 radical (unpaired) electrons. The summed E-state index contributed by atoms with van der Waals surface area (Å²) in [4.78, 5) is 26.3. The topological polar surface area (TPSA) is 91.2 Å². The Morgan fingerprint density at radius 1 is 1.03 bits per heavy atom. The largest absolute Gasteiger partial charge is 0.342 e. The van der Waals surface area contributed by atoms with Crippen LogP contribution in [-0.4, -0.2) is 77.4 Å². The van der Waals surface area contributed by atoms with E-state index < -0.39 is 0 Å². The number of piperidine rings is 2. The Hall–Kier alpha value is -2.96. The second-order valence-corrected chi connectivity index (χ2v) is 8.78. The van der Waals surface area contributed by atoms with Crippen molar-refractivity contribution in [1.82, 2.24) is 35.3 Å². The van der Waals surface area contributed by atoms with Gasteiger partial charge in [0, 0.05) is 62.8 Å². The van der Waals surface area contributed by atoms with Crippen LogP contribution in [0.15, 0.2) is 24.8 Å². The molecule has 0 spiro atoms. The standard InChI is InChI=1S/C24H34N8O/c1-25-9-3-4-19-15-27-24(28-16-19)31-10-5-21(6-11-31)23(33)30-12-7-22(8-13-30)32-18-20(14-26-2)17-29-32/h15-18,21-22,25-26H,5-14H2,1-2H3. The molecule has 2 saturated heterocycles. The molecule has 0 atom stereocenters. The second-order valence-electron chi connectivity index (χ2n) is 8.78. The maximum Gasteiger partial charge on any atom is 0.225 e. The highest BCUT2D eigenvalue weighted by Crippen LogP contribution is 2.27. The zero-order valence-electron chi connectivity index (χ0n) is 19.6. The molecule has 0 saturated carbocycles. The molecular formula is C24H34N8O. The summed E-state index contributed by atoms with van der Waals surface area (Å²) in [5.41, 5.74) is 2.01. The molecule has 2 fully saturated rings. The van der Waals surface area contributed by atoms with Gasteiger partial charge in [0.25, 0.3) is 0 Å². The van der Waals surface area contributed by atoms with Gasteiger partial charge in [-0.15, -0.1) is 0 Å². The Balaban J connectivity index is 1.24. The number of hydrogen-bond donors (Lipinski definition) is 2. The van der Waals surface area contributed by atoms with Crippen molar-refractivity contribution in [1.29, 1.82) is 0 Å². The molecule has 4 heterocycles. The first-order valence-corrected chi connectivity index (χ1v) is 11.8. The molecule has 4 rings (SSSR count). The molecular weight excluding hydrogens is 416 g/mol. The molecule has 2 aliphatic rings. The third-order valence-electron chi connectivity index (χ3n) is 6.45. The van der Waals surface area contributed by atoms with Crippen LogP contribution >= 0.6 is 0 Å². The van der Waals surface area contributed by atoms with E-state index in [0.29, 0.717) is 18.5 Å². The predicted molar refractivity (Wildman–Crippen MR) is 128 cm³/mol. The van der Waals surface area contributed by atoms with Crippen LogP contribution in [0.5, 0.6) is 0 Å². The molecule has 1 amide bonds. The third-order valence-corrected chi connectivity index (χ3v) is 6.45. The van der Waals surface area contributed by atoms with Crippen LogP contribution in [-0.2, 0) is 11.3 Å². The van der Waals surface area contributed by atoms with E-state index in [1.165, 1.54) is 5.56 Å². The predicted octanol–water partition coefficient (Wildman–Crippen LogP) is 1.04. The minimum absolute atomic E-state index is 0.0939. The van der Waals surface area contributed by atoms with Crippen LogP contribution in [0, 0.1) is 17.8 Å². The van der Waals surface area contributed by atoms with E-state index in [4.69, 9.17) is 0 Å². The fourth-order valence-electron chi connectivity index (χ4n) is 4.59. The van der Waals surface area contributed by atoms with Crippen LogP contribution < -0.4 is 15.5 Å². The van der Waals surface area contributed by atoms with Crippen molar-refractivity contribution < 1.29 is 4.79 Å². The van der Waals surface area contributed by atoms with Crippen molar-refractivity contribution >= 4 is 11.9 Å². The number of aromatic nitrogens is 4. The first-order chi connectivity index (χ1) is 16.2. The monoisotopic (exact) mass is 450 g/mol. The minimum atomic E-state index is 0.0939. The van der Waals surface area contributed by atoms with Crippen molar-refractivity contribution in [2.75, 3.05) is 51.7 Å². The quantitative estimate of drug-likeness (QED) is 0.636. The fraction of sp³-hybridized carbons (Fsp3) is 0.583. The van der Waals surface area contributed by atoms with Crippen LogP contribution in [0.25, 0.3) is 0 Å². The maximum absolute atomic E-state index is 13.1. The van der Waals surface area contributed by atoms with E-state index in [-0.39, 0.29) is 5.92 Å². The zero-order chi connectivity index (χ0) is 23.0. The highest BCUT2D eigenvalue weighted by molar-refractivity contribution is 5.79. The van der Waals surface area contributed by atoms with Crippen LogP contribution in [0.1, 0.15) is 42.9 Å². The van der Waals surface area contributed by atoms with Crippen molar-refractivity contribution in [3.8, 4) is 11.8 Å². The number of likely N-dealkylation sites (tertiary alicyclic amines) is 1. The smallest absolute Gasteiger partial charge is 0.225 e. The van der Waals surface area contributed by atoms with Gasteiger partial charge in [-0.1, -0.05) is 11.8 Å². The fourth-order valence-corrected chi connectivity index (χ4v) is 4.59. The van der Waals surface area contributed by atoms with Crippen molar-refractivity contribution in [2.45, 2.75) is 38.3 Å². The van der Waals surface area contributed by atoms with Gasteiger partial charge in [-0.2, -0.15) is 5.10 Å². The van der Waals surface area contributed by atoms with Crippen LogP contribution in [0.4, 0.5) is 5.95 Å². The van der Waals surface area contributed by atoms with E-state index >= 15 is 0 Å². The molecule has 2 aromatic heterocycles. The molecule has 33 heavy (non-hydrogen) atoms. The normalized spacial score (nSPS) is 17.6. The SMILES string of the molecule is CNCC#Cc1cnc(N2CCC(C(=O)N3CCC(n4cc(CNC)cn4)CC3)CC2)nc1. The van der Waals surface area contributed by atoms with Gasteiger partial charge in [0.05, 0.1) is 24.3 Å². The average Bonchev–Trinajstić information content (AvgIpc) is 3.33. The van der Waals surface area contributed by atoms with E-state index in [0.717, 1.165) is 69.9 Å². The van der Waals surface area contributed by atoms with Gasteiger partial charge in [0.15, 0.2) is 0 Å².